The van der Waals surface area contributed by atoms with Crippen LogP contribution < -0.4 is 0 Å². The summed E-state index contributed by atoms with van der Waals surface area (Å²) in [7, 11) is 0. The fourth-order valence-corrected chi connectivity index (χ4v) is 9.86. The third kappa shape index (κ3) is 9.62. The van der Waals surface area contributed by atoms with Crippen LogP contribution in [0.5, 0.6) is 0 Å². The van der Waals surface area contributed by atoms with Crippen molar-refractivity contribution in [1.82, 2.24) is 24.9 Å². The standard InChI is InChI=1S/C36H22N4S4.C5H4OS.C4H5N.C3H6O2/c1-2-26-34(22-10-14-42-18-22)28-5-6-30(39-28)36(24-12-16-44-20-24)32-8-7-31(40-32)35(23-11-15-43-19-23)29-4-3-27(38-29)33(25(1)37-26)21-9-13-41-17-21;6-3-5-1-2-7-4-5;1-2-4-5-3-1;1-2-3(4)5/h1-20,37,40H;1-4H;1-5H;2H2,1H3,(H,4,5). The van der Waals surface area contributed by atoms with Crippen molar-refractivity contribution in [2.24, 2.45) is 0 Å². The second-order valence-electron chi connectivity index (χ2n) is 13.4. The first-order valence-corrected chi connectivity index (χ1v) is 23.8. The summed E-state index contributed by atoms with van der Waals surface area (Å²) in [5, 5.41) is 28.7. The molecular weight excluding hydrogens is 855 g/mol. The van der Waals surface area contributed by atoms with E-state index in [0.29, 0.717) is 0 Å². The molecule has 0 saturated carbocycles. The van der Waals surface area contributed by atoms with Crippen LogP contribution in [0.3, 0.4) is 0 Å². The molecule has 0 aromatic carbocycles. The minimum absolute atomic E-state index is 0.222. The summed E-state index contributed by atoms with van der Waals surface area (Å²) >= 11 is 8.32. The summed E-state index contributed by atoms with van der Waals surface area (Å²) in [5.74, 6) is -0.745. The number of carboxylic acids is 1. The van der Waals surface area contributed by atoms with Crippen LogP contribution in [0.4, 0.5) is 0 Å². The molecule has 61 heavy (non-hydrogen) atoms. The minimum Gasteiger partial charge on any atom is -0.481 e. The van der Waals surface area contributed by atoms with Crippen molar-refractivity contribution in [3.63, 3.8) is 0 Å². The van der Waals surface area contributed by atoms with Crippen LogP contribution in [-0.4, -0.2) is 42.3 Å². The molecule has 8 nitrogen and oxygen atoms in total. The topological polar surface area (TPSA) is 128 Å². The summed E-state index contributed by atoms with van der Waals surface area (Å²) < 4.78 is 0. The Kier molecular flexibility index (Phi) is 13.3. The Morgan fingerprint density at radius 3 is 1.08 bits per heavy atom. The number of aldehydes is 1. The van der Waals surface area contributed by atoms with Gasteiger partial charge in [-0.1, -0.05) is 6.92 Å². The summed E-state index contributed by atoms with van der Waals surface area (Å²) in [6, 6.07) is 23.1. The van der Waals surface area contributed by atoms with E-state index in [1.165, 1.54) is 11.3 Å². The molecule has 11 heterocycles. The van der Waals surface area contributed by atoms with E-state index in [0.717, 1.165) is 101 Å². The Balaban J connectivity index is 0.000000253. The molecule has 13 heteroatoms. The Morgan fingerprint density at radius 1 is 0.541 bits per heavy atom. The van der Waals surface area contributed by atoms with Gasteiger partial charge in [0.15, 0.2) is 6.29 Å². The van der Waals surface area contributed by atoms with E-state index in [1.54, 1.807) is 58.3 Å². The highest BCUT2D eigenvalue weighted by molar-refractivity contribution is 7.09. The Hall–Kier alpha value is -6.48. The number of fused-ring (bicyclic) bond motifs is 8. The molecule has 0 aliphatic carbocycles. The fraction of sp³-hybridized carbons (Fsp3) is 0.0417. The van der Waals surface area contributed by atoms with E-state index >= 15 is 0 Å². The van der Waals surface area contributed by atoms with Crippen molar-refractivity contribution in [2.45, 2.75) is 13.3 Å². The van der Waals surface area contributed by atoms with Gasteiger partial charge in [-0.15, -0.1) is 0 Å². The number of carbonyl (C=O) groups excluding carboxylic acids is 1. The van der Waals surface area contributed by atoms with Crippen LogP contribution in [0.2, 0.25) is 0 Å². The predicted molar refractivity (Wildman–Crippen MR) is 261 cm³/mol. The highest BCUT2D eigenvalue weighted by atomic mass is 32.1. The third-order valence-electron chi connectivity index (χ3n) is 9.47. The van der Waals surface area contributed by atoms with Crippen molar-refractivity contribution in [3.8, 4) is 44.5 Å². The fourth-order valence-electron chi connectivity index (χ4n) is 6.67. The highest BCUT2D eigenvalue weighted by Gasteiger charge is 2.19. The largest absolute Gasteiger partial charge is 0.481 e. The van der Waals surface area contributed by atoms with Crippen molar-refractivity contribution in [3.05, 3.63) is 161 Å². The lowest BCUT2D eigenvalue weighted by molar-refractivity contribution is -0.136. The SMILES string of the molecule is C1=Cc2nc1c(-c1ccsc1)c1ccc([nH]1)c(-c1ccsc1)c1nc(c(-c3ccsc3)c3ccc([nH]3)c2-c2ccsc2)C=C1.CCC(=O)O.O=Cc1ccsc1.c1cc[nH]c1. The van der Waals surface area contributed by atoms with Crippen LogP contribution >= 0.6 is 56.7 Å². The lowest BCUT2D eigenvalue weighted by Gasteiger charge is -2.04. The van der Waals surface area contributed by atoms with E-state index in [9.17, 15) is 9.59 Å². The molecule has 8 bridgehead atoms. The van der Waals surface area contributed by atoms with E-state index in [4.69, 9.17) is 15.1 Å². The zero-order valence-corrected chi connectivity index (χ0v) is 36.7. The van der Waals surface area contributed by atoms with Gasteiger partial charge >= 0.3 is 5.97 Å². The molecule has 9 aromatic rings. The van der Waals surface area contributed by atoms with Gasteiger partial charge in [-0.2, -0.15) is 56.7 Å². The lowest BCUT2D eigenvalue weighted by Crippen LogP contribution is -1.88. The van der Waals surface area contributed by atoms with Crippen LogP contribution in [0.15, 0.2) is 133 Å². The van der Waals surface area contributed by atoms with Crippen molar-refractivity contribution in [1.29, 1.82) is 0 Å². The minimum atomic E-state index is -0.745. The van der Waals surface area contributed by atoms with Crippen LogP contribution in [0, 0.1) is 0 Å². The molecule has 2 aliphatic heterocycles. The molecule has 0 saturated heterocycles. The van der Waals surface area contributed by atoms with Gasteiger partial charge in [0.05, 0.1) is 22.8 Å². The summed E-state index contributed by atoms with van der Waals surface area (Å²) in [4.78, 5) is 40.3. The quantitative estimate of drug-likeness (QED) is 0.124. The molecule has 0 unspecified atom stereocenters. The number of hydrogen-bond acceptors (Lipinski definition) is 9. The first kappa shape index (κ1) is 41.3. The highest BCUT2D eigenvalue weighted by Crippen LogP contribution is 2.39. The van der Waals surface area contributed by atoms with Crippen LogP contribution in [0.1, 0.15) is 46.5 Å². The number of aromatic amines is 3. The molecule has 0 radical (unpaired) electrons. The van der Waals surface area contributed by atoms with Crippen molar-refractivity contribution < 1.29 is 14.7 Å². The monoisotopic (exact) mass is 891 g/mol. The number of hydrogen-bond donors (Lipinski definition) is 4. The first-order chi connectivity index (χ1) is 30.0. The third-order valence-corrected chi connectivity index (χ3v) is 12.9. The Bertz CT molecular complexity index is 2700. The van der Waals surface area contributed by atoms with Gasteiger partial charge in [-0.25, -0.2) is 9.97 Å². The van der Waals surface area contributed by atoms with Gasteiger partial charge in [0.25, 0.3) is 0 Å². The number of carbonyl (C=O) groups is 2. The molecule has 0 fully saturated rings. The first-order valence-electron chi connectivity index (χ1n) is 19.0. The molecule has 4 N–H and O–H groups in total. The number of carboxylic acid groups (broad SMARTS) is 1. The van der Waals surface area contributed by atoms with Crippen LogP contribution in [-0.2, 0) is 4.79 Å². The van der Waals surface area contributed by atoms with Crippen molar-refractivity contribution >= 4 is 115 Å². The van der Waals surface area contributed by atoms with E-state index in [1.807, 2.05) is 35.3 Å². The Labute approximate surface area is 371 Å². The average molecular weight is 892 g/mol. The number of nitrogens with zero attached hydrogens (tertiary/aromatic N) is 2. The maximum atomic E-state index is 9.87. The normalized spacial score (nSPS) is 11.2. The zero-order chi connectivity index (χ0) is 42.0. The number of aliphatic carboxylic acids is 1. The second-order valence-corrected chi connectivity index (χ2v) is 17.3. The van der Waals surface area contributed by atoms with E-state index in [2.05, 4.69) is 131 Å². The number of thiophene rings is 5. The molecule has 0 atom stereocenters. The van der Waals surface area contributed by atoms with Gasteiger partial charge in [0, 0.05) is 74.1 Å². The molecule has 302 valence electrons. The van der Waals surface area contributed by atoms with Gasteiger partial charge in [-0.05, 0) is 162 Å². The smallest absolute Gasteiger partial charge is 0.303 e. The molecule has 11 rings (SSSR count). The molecule has 0 amide bonds. The number of H-pyrrole nitrogens is 3. The predicted octanol–water partition coefficient (Wildman–Crippen LogP) is 14.6. The maximum absolute atomic E-state index is 9.87. The number of rotatable bonds is 6. The maximum Gasteiger partial charge on any atom is 0.303 e. The van der Waals surface area contributed by atoms with Gasteiger partial charge in [0.2, 0.25) is 0 Å². The molecule has 0 spiro atoms. The molecule has 2 aliphatic rings. The van der Waals surface area contributed by atoms with Crippen molar-refractivity contribution in [2.75, 3.05) is 0 Å². The molecular formula is C48H37N5O3S5. The lowest BCUT2D eigenvalue weighted by atomic mass is 10.1. The van der Waals surface area contributed by atoms with E-state index in [-0.39, 0.29) is 6.42 Å². The van der Waals surface area contributed by atoms with E-state index < -0.39 is 5.97 Å². The van der Waals surface area contributed by atoms with Gasteiger partial charge < -0.3 is 20.1 Å². The van der Waals surface area contributed by atoms with Gasteiger partial charge in [0.1, 0.15) is 0 Å². The number of nitrogens with one attached hydrogen (secondary N) is 3. The average Bonchev–Trinajstić information content (AvgIpc) is 4.13. The molecule has 9 aromatic heterocycles. The van der Waals surface area contributed by atoms with Gasteiger partial charge in [-0.3, -0.25) is 9.59 Å². The second kappa shape index (κ2) is 19.7. The Morgan fingerprint density at radius 2 is 0.869 bits per heavy atom. The summed E-state index contributed by atoms with van der Waals surface area (Å²) in [6.45, 7) is 1.60. The summed E-state index contributed by atoms with van der Waals surface area (Å²) in [6.07, 6.45) is 13.4. The van der Waals surface area contributed by atoms with Crippen LogP contribution in [0.25, 0.3) is 90.9 Å². The zero-order valence-electron chi connectivity index (χ0n) is 32.6. The summed E-state index contributed by atoms with van der Waals surface area (Å²) in [5.41, 5.74) is 17.6. The number of aromatic nitrogens is 5.